The van der Waals surface area contributed by atoms with Crippen LogP contribution in [0.4, 0.5) is 4.39 Å². The van der Waals surface area contributed by atoms with Crippen molar-refractivity contribution in [1.82, 2.24) is 4.98 Å². The Morgan fingerprint density at radius 3 is 2.40 bits per heavy atom. The van der Waals surface area contributed by atoms with Gasteiger partial charge in [0.25, 0.3) is 0 Å². The fraction of sp³-hybridized carbons (Fsp3) is 0.440. The van der Waals surface area contributed by atoms with E-state index in [1.165, 1.54) is 52.5 Å². The van der Waals surface area contributed by atoms with E-state index < -0.39 is 47.4 Å². The van der Waals surface area contributed by atoms with Crippen molar-refractivity contribution in [3.63, 3.8) is 0 Å². The van der Waals surface area contributed by atoms with Crippen LogP contribution in [0.1, 0.15) is 55.3 Å². The Kier molecular flexibility index (Phi) is 8.26. The molecule has 0 aliphatic heterocycles. The summed E-state index contributed by atoms with van der Waals surface area (Å²) in [5.74, 6) is -3.57. The van der Waals surface area contributed by atoms with Crippen LogP contribution in [0.5, 0.6) is 17.2 Å². The van der Waals surface area contributed by atoms with Gasteiger partial charge in [-0.2, -0.15) is 0 Å². The van der Waals surface area contributed by atoms with Crippen molar-refractivity contribution in [2.24, 2.45) is 11.8 Å². The van der Waals surface area contributed by atoms with Crippen molar-refractivity contribution in [2.75, 3.05) is 14.2 Å². The van der Waals surface area contributed by atoms with Crippen LogP contribution in [0.25, 0.3) is 0 Å². The van der Waals surface area contributed by atoms with Crippen molar-refractivity contribution in [3.8, 4) is 17.2 Å². The van der Waals surface area contributed by atoms with Crippen molar-refractivity contribution in [2.45, 2.75) is 45.3 Å². The monoisotopic (exact) mass is 489 g/mol. The largest absolute Gasteiger partial charge is 0.503 e. The highest BCUT2D eigenvalue weighted by Gasteiger charge is 2.37. The number of halogens is 1. The molecule has 0 saturated heterocycles. The molecule has 1 aliphatic carbocycles. The molecule has 1 fully saturated rings. The lowest BCUT2D eigenvalue weighted by atomic mass is 10.0. The molecule has 1 N–H and O–H groups in total. The Balaban J connectivity index is 1.73. The number of carbonyl (C=O) groups is 3. The molecule has 1 saturated carbocycles. The second-order valence-electron chi connectivity index (χ2n) is 8.40. The number of nitrogens with zero attached hydrogens (tertiary/aromatic N) is 1. The first-order valence-electron chi connectivity index (χ1n) is 11.2. The van der Waals surface area contributed by atoms with E-state index in [-0.39, 0.29) is 29.5 Å². The molecule has 0 spiro atoms. The zero-order valence-corrected chi connectivity index (χ0v) is 19.9. The molecular weight excluding hydrogens is 461 g/mol. The lowest BCUT2D eigenvalue weighted by molar-refractivity contribution is -0.170. The summed E-state index contributed by atoms with van der Waals surface area (Å²) in [6.45, 7) is 3.03. The van der Waals surface area contributed by atoms with E-state index in [4.69, 9.17) is 18.9 Å². The van der Waals surface area contributed by atoms with Gasteiger partial charge in [0.1, 0.15) is 17.7 Å². The number of methoxy groups -OCH3 is 2. The lowest BCUT2D eigenvalue weighted by Gasteiger charge is -2.27. The standard InChI is InChI=1S/C25H28FNO8/c1-13(11-18(28)21-22(29)19(32-3)9-10-27-21)24(30)34-14(2)23(35-25(31)15-5-6-15)17-8-7-16(26)12-20(17)33-4/h7-10,12-15,23,29H,5-6,11H2,1-4H3/t13-,14+,23+/m1/s1. The normalized spacial score (nSPS) is 15.5. The van der Waals surface area contributed by atoms with E-state index >= 15 is 0 Å². The zero-order chi connectivity index (χ0) is 25.7. The Bertz CT molecular complexity index is 1100. The molecule has 0 amide bonds. The molecule has 2 aromatic rings. The first-order chi connectivity index (χ1) is 16.7. The van der Waals surface area contributed by atoms with Gasteiger partial charge in [-0.25, -0.2) is 9.37 Å². The number of carbonyl (C=O) groups excluding carboxylic acids is 3. The number of aromatic hydroxyl groups is 1. The molecule has 3 rings (SSSR count). The number of hydrogen-bond acceptors (Lipinski definition) is 9. The third-order valence-corrected chi connectivity index (χ3v) is 5.65. The maximum Gasteiger partial charge on any atom is 0.309 e. The number of esters is 2. The van der Waals surface area contributed by atoms with E-state index in [2.05, 4.69) is 4.98 Å². The van der Waals surface area contributed by atoms with Crippen LogP contribution in [0.2, 0.25) is 0 Å². The van der Waals surface area contributed by atoms with Crippen LogP contribution < -0.4 is 9.47 Å². The van der Waals surface area contributed by atoms with Crippen molar-refractivity contribution in [3.05, 3.63) is 47.5 Å². The molecule has 1 aromatic carbocycles. The number of rotatable bonds is 11. The smallest absolute Gasteiger partial charge is 0.309 e. The lowest BCUT2D eigenvalue weighted by Crippen LogP contribution is -2.30. The Hall–Kier alpha value is -3.69. The predicted octanol–water partition coefficient (Wildman–Crippen LogP) is 3.78. The van der Waals surface area contributed by atoms with Gasteiger partial charge in [-0.3, -0.25) is 14.4 Å². The first-order valence-corrected chi connectivity index (χ1v) is 11.2. The Morgan fingerprint density at radius 2 is 1.77 bits per heavy atom. The highest BCUT2D eigenvalue weighted by molar-refractivity contribution is 5.99. The molecule has 0 bridgehead atoms. The number of ether oxygens (including phenoxy) is 4. The van der Waals surface area contributed by atoms with Crippen LogP contribution in [0.15, 0.2) is 30.5 Å². The van der Waals surface area contributed by atoms with E-state index in [0.29, 0.717) is 18.4 Å². The van der Waals surface area contributed by atoms with Gasteiger partial charge in [-0.15, -0.1) is 0 Å². The molecule has 1 aliphatic rings. The maximum atomic E-state index is 13.7. The minimum absolute atomic E-state index is 0.0840. The molecule has 35 heavy (non-hydrogen) atoms. The summed E-state index contributed by atoms with van der Waals surface area (Å²) in [6.07, 6.45) is 0.437. The summed E-state index contributed by atoms with van der Waals surface area (Å²) in [5.41, 5.74) is 0.127. The minimum atomic E-state index is -1.05. The summed E-state index contributed by atoms with van der Waals surface area (Å²) in [7, 11) is 2.69. The number of pyridine rings is 1. The third kappa shape index (κ3) is 6.26. The van der Waals surface area contributed by atoms with Gasteiger partial charge in [0.05, 0.1) is 26.1 Å². The van der Waals surface area contributed by atoms with Crippen LogP contribution in [0.3, 0.4) is 0 Å². The van der Waals surface area contributed by atoms with Gasteiger partial charge < -0.3 is 24.1 Å². The molecule has 9 nitrogen and oxygen atoms in total. The van der Waals surface area contributed by atoms with Crippen LogP contribution in [0, 0.1) is 17.7 Å². The summed E-state index contributed by atoms with van der Waals surface area (Å²) in [4.78, 5) is 41.7. The number of hydrogen-bond donors (Lipinski definition) is 1. The quantitative estimate of drug-likeness (QED) is 0.371. The van der Waals surface area contributed by atoms with Crippen LogP contribution >= 0.6 is 0 Å². The molecule has 1 aromatic heterocycles. The zero-order valence-electron chi connectivity index (χ0n) is 19.9. The van der Waals surface area contributed by atoms with Gasteiger partial charge in [-0.05, 0) is 31.9 Å². The van der Waals surface area contributed by atoms with Gasteiger partial charge in [0.2, 0.25) is 0 Å². The van der Waals surface area contributed by atoms with E-state index in [1.54, 1.807) is 0 Å². The van der Waals surface area contributed by atoms with Crippen molar-refractivity contribution in [1.29, 1.82) is 0 Å². The SMILES string of the molecule is COc1cc(F)ccc1[C@@H](OC(=O)C1CC1)[C@H](C)OC(=O)[C@H](C)CC(=O)c1nccc(OC)c1O. The Labute approximate surface area is 202 Å². The average molecular weight is 489 g/mol. The summed E-state index contributed by atoms with van der Waals surface area (Å²) < 4.78 is 35.1. The van der Waals surface area contributed by atoms with Gasteiger partial charge in [-0.1, -0.05) is 6.92 Å². The first kappa shape index (κ1) is 25.9. The van der Waals surface area contributed by atoms with E-state index in [1.807, 2.05) is 0 Å². The van der Waals surface area contributed by atoms with Crippen molar-refractivity contribution < 1.29 is 42.8 Å². The van der Waals surface area contributed by atoms with Crippen LogP contribution in [-0.2, 0) is 19.1 Å². The number of ketones is 1. The molecular formula is C25H28FNO8. The molecule has 1 heterocycles. The second kappa shape index (κ2) is 11.2. The topological polar surface area (TPSA) is 121 Å². The van der Waals surface area contributed by atoms with E-state index in [0.717, 1.165) is 6.07 Å². The van der Waals surface area contributed by atoms with E-state index in [9.17, 15) is 23.9 Å². The third-order valence-electron chi connectivity index (χ3n) is 5.65. The number of aromatic nitrogens is 1. The summed E-state index contributed by atoms with van der Waals surface area (Å²) in [6, 6.07) is 5.15. The minimum Gasteiger partial charge on any atom is -0.503 e. The van der Waals surface area contributed by atoms with Gasteiger partial charge in [0.15, 0.2) is 29.1 Å². The fourth-order valence-corrected chi connectivity index (χ4v) is 3.50. The summed E-state index contributed by atoms with van der Waals surface area (Å²) >= 11 is 0. The second-order valence-corrected chi connectivity index (χ2v) is 8.40. The maximum absolute atomic E-state index is 13.7. The highest BCUT2D eigenvalue weighted by Crippen LogP contribution is 2.37. The predicted molar refractivity (Wildman–Crippen MR) is 121 cm³/mol. The number of benzene rings is 1. The highest BCUT2D eigenvalue weighted by atomic mass is 19.1. The van der Waals surface area contributed by atoms with Crippen LogP contribution in [-0.4, -0.2) is 48.1 Å². The molecule has 3 atom stereocenters. The fourth-order valence-electron chi connectivity index (χ4n) is 3.50. The molecule has 0 unspecified atom stereocenters. The average Bonchev–Trinajstić information content (AvgIpc) is 3.68. The summed E-state index contributed by atoms with van der Waals surface area (Å²) in [5, 5.41) is 10.1. The molecule has 10 heteroatoms. The Morgan fingerprint density at radius 1 is 1.09 bits per heavy atom. The van der Waals surface area contributed by atoms with Gasteiger partial charge in [0, 0.05) is 30.3 Å². The molecule has 188 valence electrons. The molecule has 0 radical (unpaired) electrons. The van der Waals surface area contributed by atoms with Crippen molar-refractivity contribution >= 4 is 17.7 Å². The number of Topliss-reactive ketones (excluding diaryl/α,β-unsaturated/α-hetero) is 1. The van der Waals surface area contributed by atoms with Gasteiger partial charge >= 0.3 is 11.9 Å².